The van der Waals surface area contributed by atoms with Gasteiger partial charge in [-0.25, -0.2) is 9.97 Å². The zero-order valence-corrected chi connectivity index (χ0v) is 22.8. The first-order valence-electron chi connectivity index (χ1n) is 13.3. The van der Waals surface area contributed by atoms with Gasteiger partial charge in [-0.1, -0.05) is 106 Å². The van der Waals surface area contributed by atoms with Crippen molar-refractivity contribution in [3.63, 3.8) is 0 Å². The van der Waals surface area contributed by atoms with E-state index in [1.165, 1.54) is 89.8 Å². The van der Waals surface area contributed by atoms with Gasteiger partial charge >= 0.3 is 0 Å². The lowest BCUT2D eigenvalue weighted by atomic mass is 10.0. The highest BCUT2D eigenvalue weighted by Crippen LogP contribution is 2.22. The van der Waals surface area contributed by atoms with Crippen LogP contribution < -0.4 is 21.9 Å². The molecule has 2 aromatic rings. The summed E-state index contributed by atoms with van der Waals surface area (Å²) in [6.45, 7) is 3.08. The second-order valence-corrected chi connectivity index (χ2v) is 10.0. The number of nitrogens with one attached hydrogen (secondary N) is 3. The molecular weight excluding hydrogens is 504 g/mol. The Morgan fingerprint density at radius 1 is 0.800 bits per heavy atom. The standard InChI is InChI=1S/C27H43BrN6O/c1-2-3-4-5-6-7-8-9-10-11-12-13-14-15-20-30-25-24(29)26(32-21-31-25)33-34-27(35)22-16-18-23(28)19-17-22/h16-19,21H,2-15,20,29H2,1H3,(H,34,35)(H2,30,31,32,33). The number of unbranched alkanes of at least 4 members (excludes halogenated alkanes) is 13. The minimum Gasteiger partial charge on any atom is -0.393 e. The van der Waals surface area contributed by atoms with Gasteiger partial charge in [-0.05, 0) is 30.7 Å². The topological polar surface area (TPSA) is 105 Å². The van der Waals surface area contributed by atoms with Crippen LogP contribution in [0.4, 0.5) is 17.3 Å². The van der Waals surface area contributed by atoms with Crippen molar-refractivity contribution in [3.05, 3.63) is 40.6 Å². The summed E-state index contributed by atoms with van der Waals surface area (Å²) in [5.41, 5.74) is 12.5. The van der Waals surface area contributed by atoms with Gasteiger partial charge in [-0.15, -0.1) is 0 Å². The monoisotopic (exact) mass is 546 g/mol. The van der Waals surface area contributed by atoms with Crippen LogP contribution in [-0.2, 0) is 0 Å². The van der Waals surface area contributed by atoms with Gasteiger partial charge in [0.15, 0.2) is 11.6 Å². The van der Waals surface area contributed by atoms with E-state index in [9.17, 15) is 4.79 Å². The first-order valence-corrected chi connectivity index (χ1v) is 14.1. The Bertz CT molecular complexity index is 846. The number of rotatable bonds is 19. The maximum absolute atomic E-state index is 12.3. The average Bonchev–Trinajstić information content (AvgIpc) is 2.86. The molecule has 0 saturated heterocycles. The fourth-order valence-corrected chi connectivity index (χ4v) is 4.22. The zero-order chi connectivity index (χ0) is 25.1. The Kier molecular flexibility index (Phi) is 14.8. The largest absolute Gasteiger partial charge is 0.393 e. The van der Waals surface area contributed by atoms with Gasteiger partial charge in [-0.2, -0.15) is 0 Å². The van der Waals surface area contributed by atoms with Crippen LogP contribution in [0.1, 0.15) is 107 Å². The quantitative estimate of drug-likeness (QED) is 0.107. The highest BCUT2D eigenvalue weighted by atomic mass is 79.9. The molecule has 5 N–H and O–H groups in total. The third-order valence-corrected chi connectivity index (χ3v) is 6.64. The van der Waals surface area contributed by atoms with Crippen LogP contribution in [0.15, 0.2) is 35.1 Å². The maximum atomic E-state index is 12.3. The molecule has 8 heteroatoms. The van der Waals surface area contributed by atoms with E-state index in [1.807, 2.05) is 12.1 Å². The molecular formula is C27H43BrN6O. The summed E-state index contributed by atoms with van der Waals surface area (Å²) in [6, 6.07) is 7.09. The van der Waals surface area contributed by atoms with Crippen LogP contribution in [0.25, 0.3) is 0 Å². The molecule has 0 aliphatic carbocycles. The summed E-state index contributed by atoms with van der Waals surface area (Å²) in [6.07, 6.45) is 20.2. The lowest BCUT2D eigenvalue weighted by Crippen LogP contribution is -2.30. The number of carbonyl (C=O) groups excluding carboxylic acids is 1. The Balaban J connectivity index is 1.53. The molecule has 7 nitrogen and oxygen atoms in total. The maximum Gasteiger partial charge on any atom is 0.269 e. The molecule has 0 aliphatic heterocycles. The van der Waals surface area contributed by atoms with Crippen LogP contribution >= 0.6 is 15.9 Å². The van der Waals surface area contributed by atoms with Crippen LogP contribution in [-0.4, -0.2) is 22.4 Å². The first-order chi connectivity index (χ1) is 17.1. The molecule has 0 saturated carbocycles. The number of hydrogen-bond donors (Lipinski definition) is 4. The van der Waals surface area contributed by atoms with Crippen LogP contribution in [0, 0.1) is 0 Å². The van der Waals surface area contributed by atoms with Crippen molar-refractivity contribution < 1.29 is 4.79 Å². The molecule has 0 bridgehead atoms. The molecule has 0 radical (unpaired) electrons. The molecule has 0 spiro atoms. The van der Waals surface area contributed by atoms with E-state index in [0.717, 1.165) is 17.4 Å². The zero-order valence-electron chi connectivity index (χ0n) is 21.3. The van der Waals surface area contributed by atoms with Crippen molar-refractivity contribution >= 4 is 39.2 Å². The molecule has 0 aliphatic rings. The highest BCUT2D eigenvalue weighted by Gasteiger charge is 2.10. The summed E-state index contributed by atoms with van der Waals surface area (Å²) in [5, 5.41) is 3.29. The molecule has 0 fully saturated rings. The number of carbonyl (C=O) groups is 1. The molecule has 1 heterocycles. The van der Waals surface area contributed by atoms with Crippen LogP contribution in [0.2, 0.25) is 0 Å². The molecule has 0 unspecified atom stereocenters. The normalized spacial score (nSPS) is 10.8. The molecule has 1 amide bonds. The van der Waals surface area contributed by atoms with Gasteiger partial charge in [0.2, 0.25) is 0 Å². The summed E-state index contributed by atoms with van der Waals surface area (Å²) >= 11 is 3.36. The average molecular weight is 548 g/mol. The van der Waals surface area contributed by atoms with E-state index in [-0.39, 0.29) is 5.91 Å². The third-order valence-electron chi connectivity index (χ3n) is 6.11. The fraction of sp³-hybridized carbons (Fsp3) is 0.593. The smallest absolute Gasteiger partial charge is 0.269 e. The number of hydrazine groups is 1. The Morgan fingerprint density at radius 3 is 1.89 bits per heavy atom. The predicted octanol–water partition coefficient (Wildman–Crippen LogP) is 7.47. The van der Waals surface area contributed by atoms with Crippen molar-refractivity contribution in [1.29, 1.82) is 0 Å². The first kappa shape index (κ1) is 28.9. The van der Waals surface area contributed by atoms with Crippen molar-refractivity contribution in [3.8, 4) is 0 Å². The number of nitrogens with two attached hydrogens (primary N) is 1. The van der Waals surface area contributed by atoms with Gasteiger partial charge in [0.25, 0.3) is 5.91 Å². The minimum atomic E-state index is -0.271. The summed E-state index contributed by atoms with van der Waals surface area (Å²) in [4.78, 5) is 20.6. The second kappa shape index (κ2) is 18.0. The molecule has 194 valence electrons. The molecule has 1 aromatic heterocycles. The Hall–Kier alpha value is -2.35. The predicted molar refractivity (Wildman–Crippen MR) is 150 cm³/mol. The highest BCUT2D eigenvalue weighted by molar-refractivity contribution is 9.10. The summed E-state index contributed by atoms with van der Waals surface area (Å²) in [5.74, 6) is 0.677. The number of halogens is 1. The van der Waals surface area contributed by atoms with E-state index in [0.29, 0.717) is 22.9 Å². The summed E-state index contributed by atoms with van der Waals surface area (Å²) < 4.78 is 0.913. The van der Waals surface area contributed by atoms with Gasteiger partial charge in [0, 0.05) is 16.6 Å². The molecule has 35 heavy (non-hydrogen) atoms. The summed E-state index contributed by atoms with van der Waals surface area (Å²) in [7, 11) is 0. The van der Waals surface area contributed by atoms with Crippen molar-refractivity contribution in [1.82, 2.24) is 15.4 Å². The minimum absolute atomic E-state index is 0.271. The number of anilines is 3. The van der Waals surface area contributed by atoms with Gasteiger partial charge < -0.3 is 11.1 Å². The third kappa shape index (κ3) is 12.3. The number of aromatic nitrogens is 2. The van der Waals surface area contributed by atoms with E-state index in [4.69, 9.17) is 5.73 Å². The van der Waals surface area contributed by atoms with E-state index < -0.39 is 0 Å². The number of benzene rings is 1. The number of nitrogens with zero attached hydrogens (tertiary/aromatic N) is 2. The van der Waals surface area contributed by atoms with Gasteiger partial charge in [-0.3, -0.25) is 15.6 Å². The van der Waals surface area contributed by atoms with Crippen molar-refractivity contribution in [2.75, 3.05) is 23.0 Å². The van der Waals surface area contributed by atoms with Crippen LogP contribution in [0.5, 0.6) is 0 Å². The van der Waals surface area contributed by atoms with Gasteiger partial charge in [0.1, 0.15) is 12.0 Å². The lowest BCUT2D eigenvalue weighted by Gasteiger charge is -2.13. The van der Waals surface area contributed by atoms with Crippen LogP contribution in [0.3, 0.4) is 0 Å². The number of hydrogen-bond acceptors (Lipinski definition) is 6. The van der Waals surface area contributed by atoms with E-state index >= 15 is 0 Å². The number of nitrogen functional groups attached to an aromatic ring is 1. The molecule has 1 aromatic carbocycles. The van der Waals surface area contributed by atoms with Gasteiger partial charge in [0.05, 0.1) is 0 Å². The SMILES string of the molecule is CCCCCCCCCCCCCCCCNc1ncnc(NNC(=O)c2ccc(Br)cc2)c1N. The Morgan fingerprint density at radius 2 is 1.31 bits per heavy atom. The molecule has 2 rings (SSSR count). The van der Waals surface area contributed by atoms with Crippen molar-refractivity contribution in [2.45, 2.75) is 96.8 Å². The number of amides is 1. The second-order valence-electron chi connectivity index (χ2n) is 9.09. The van der Waals surface area contributed by atoms with E-state index in [2.05, 4.69) is 49.0 Å². The van der Waals surface area contributed by atoms with Crippen molar-refractivity contribution in [2.24, 2.45) is 0 Å². The fourth-order valence-electron chi connectivity index (χ4n) is 3.95. The molecule has 0 atom stereocenters. The Labute approximate surface area is 219 Å². The lowest BCUT2D eigenvalue weighted by molar-refractivity contribution is 0.0962. The van der Waals surface area contributed by atoms with E-state index in [1.54, 1.807) is 12.1 Å².